The van der Waals surface area contributed by atoms with Crippen molar-refractivity contribution in [2.24, 2.45) is 0 Å². The number of hydrogen-bond acceptors (Lipinski definition) is 2. The molecule has 0 N–H and O–H groups in total. The highest BCUT2D eigenvalue weighted by atomic mass is 35.5. The summed E-state index contributed by atoms with van der Waals surface area (Å²) in [6, 6.07) is 12.4. The number of carbonyl (C=O) groups excluding carboxylic acids is 2. The van der Waals surface area contributed by atoms with E-state index in [1.54, 1.807) is 30.3 Å². The normalized spacial score (nSPS) is 10.7. The van der Waals surface area contributed by atoms with Crippen molar-refractivity contribution in [3.63, 3.8) is 0 Å². The van der Waals surface area contributed by atoms with Crippen molar-refractivity contribution in [2.75, 3.05) is 0 Å². The third-order valence-corrected chi connectivity index (χ3v) is 2.84. The molecule has 100 valence electrons. The minimum Gasteiger partial charge on any atom is -0.288 e. The van der Waals surface area contributed by atoms with Gasteiger partial charge in [-0.15, -0.1) is 0 Å². The Morgan fingerprint density at radius 2 is 1.55 bits per heavy atom. The lowest BCUT2D eigenvalue weighted by molar-refractivity contribution is -0.107. The van der Waals surface area contributed by atoms with E-state index in [2.05, 4.69) is 0 Å². The third kappa shape index (κ3) is 3.19. The van der Waals surface area contributed by atoms with E-state index < -0.39 is 16.8 Å². The molecule has 0 saturated carbocycles. The molecule has 0 fully saturated rings. The second-order valence-corrected chi connectivity index (χ2v) is 4.41. The number of ketones is 1. The van der Waals surface area contributed by atoms with Crippen molar-refractivity contribution in [3.8, 4) is 0 Å². The number of allylic oxidation sites excluding steroid dienone is 1. The van der Waals surface area contributed by atoms with Crippen LogP contribution in [0.15, 0.2) is 54.6 Å². The molecule has 0 spiro atoms. The summed E-state index contributed by atoms with van der Waals surface area (Å²) in [5.74, 6) is -1.02. The first-order valence-electron chi connectivity index (χ1n) is 5.85. The lowest BCUT2D eigenvalue weighted by atomic mass is 9.98. The van der Waals surface area contributed by atoms with Crippen molar-refractivity contribution < 1.29 is 14.0 Å². The van der Waals surface area contributed by atoms with Crippen LogP contribution in [0.1, 0.15) is 21.5 Å². The fourth-order valence-electron chi connectivity index (χ4n) is 1.79. The topological polar surface area (TPSA) is 34.1 Å². The van der Waals surface area contributed by atoms with Crippen LogP contribution in [0.3, 0.4) is 0 Å². The molecule has 20 heavy (non-hydrogen) atoms. The molecule has 0 atom stereocenters. The van der Waals surface area contributed by atoms with Gasteiger partial charge in [-0.2, -0.15) is 0 Å². The SMILES string of the molecule is O=C(Cl)C=Cc1ccccc1C(=O)c1ccccc1F. The molecule has 0 radical (unpaired) electrons. The molecule has 0 amide bonds. The lowest BCUT2D eigenvalue weighted by Gasteiger charge is -2.06. The number of hydrogen-bond donors (Lipinski definition) is 0. The summed E-state index contributed by atoms with van der Waals surface area (Å²) in [5.41, 5.74) is 0.812. The van der Waals surface area contributed by atoms with E-state index in [0.29, 0.717) is 11.1 Å². The van der Waals surface area contributed by atoms with Crippen LogP contribution < -0.4 is 0 Å². The van der Waals surface area contributed by atoms with E-state index in [4.69, 9.17) is 11.6 Å². The van der Waals surface area contributed by atoms with E-state index in [0.717, 1.165) is 6.08 Å². The second kappa shape index (κ2) is 6.26. The predicted molar refractivity (Wildman–Crippen MR) is 76.2 cm³/mol. The monoisotopic (exact) mass is 288 g/mol. The number of halogens is 2. The molecular formula is C16H10ClFO2. The highest BCUT2D eigenvalue weighted by molar-refractivity contribution is 6.66. The van der Waals surface area contributed by atoms with E-state index in [1.807, 2.05) is 0 Å². The Kier molecular flexibility index (Phi) is 4.43. The highest BCUT2D eigenvalue weighted by Gasteiger charge is 2.15. The summed E-state index contributed by atoms with van der Waals surface area (Å²) in [7, 11) is 0. The van der Waals surface area contributed by atoms with Gasteiger partial charge in [0.05, 0.1) is 5.56 Å². The Morgan fingerprint density at radius 3 is 2.20 bits per heavy atom. The molecule has 0 aromatic heterocycles. The predicted octanol–water partition coefficient (Wildman–Crippen LogP) is 3.84. The minimum atomic E-state index is -0.641. The van der Waals surface area contributed by atoms with Crippen LogP contribution in [0, 0.1) is 5.82 Å². The summed E-state index contributed by atoms with van der Waals surface area (Å²) < 4.78 is 13.7. The maximum Gasteiger partial charge on any atom is 0.245 e. The average Bonchev–Trinajstić information content (AvgIpc) is 2.45. The molecule has 0 heterocycles. The van der Waals surface area contributed by atoms with Gasteiger partial charge in [-0.3, -0.25) is 9.59 Å². The summed E-state index contributed by atoms with van der Waals surface area (Å²) in [5, 5.41) is -0.641. The van der Waals surface area contributed by atoms with Gasteiger partial charge in [0.15, 0.2) is 5.78 Å². The van der Waals surface area contributed by atoms with Gasteiger partial charge >= 0.3 is 0 Å². The van der Waals surface area contributed by atoms with Crippen LogP contribution in [-0.4, -0.2) is 11.0 Å². The van der Waals surface area contributed by atoms with Gasteiger partial charge in [0.25, 0.3) is 0 Å². The first kappa shape index (κ1) is 14.2. The molecule has 0 aliphatic heterocycles. The van der Waals surface area contributed by atoms with E-state index in [9.17, 15) is 14.0 Å². The largest absolute Gasteiger partial charge is 0.288 e. The zero-order valence-electron chi connectivity index (χ0n) is 10.3. The Hall–Kier alpha value is -2.26. The van der Waals surface area contributed by atoms with Crippen molar-refractivity contribution in [2.45, 2.75) is 0 Å². The van der Waals surface area contributed by atoms with Crippen LogP contribution in [0.5, 0.6) is 0 Å². The van der Waals surface area contributed by atoms with Crippen molar-refractivity contribution in [3.05, 3.63) is 77.1 Å². The molecular weight excluding hydrogens is 279 g/mol. The van der Waals surface area contributed by atoms with Gasteiger partial charge in [0.2, 0.25) is 5.24 Å². The van der Waals surface area contributed by atoms with E-state index in [-0.39, 0.29) is 5.56 Å². The van der Waals surface area contributed by atoms with Crippen LogP contribution in [0.4, 0.5) is 4.39 Å². The first-order chi connectivity index (χ1) is 9.59. The summed E-state index contributed by atoms with van der Waals surface area (Å²) in [4.78, 5) is 23.1. The molecule has 2 rings (SSSR count). The molecule has 0 bridgehead atoms. The van der Waals surface area contributed by atoms with E-state index >= 15 is 0 Å². The van der Waals surface area contributed by atoms with Crippen LogP contribution in [0.2, 0.25) is 0 Å². The zero-order chi connectivity index (χ0) is 14.5. The summed E-state index contributed by atoms with van der Waals surface area (Å²) in [6.45, 7) is 0. The molecule has 0 aliphatic rings. The molecule has 2 aromatic rings. The Morgan fingerprint density at radius 1 is 0.950 bits per heavy atom. The van der Waals surface area contributed by atoms with Crippen LogP contribution in [0.25, 0.3) is 6.08 Å². The van der Waals surface area contributed by atoms with Gasteiger partial charge in [0, 0.05) is 5.56 Å². The van der Waals surface area contributed by atoms with Crippen LogP contribution >= 0.6 is 11.6 Å². The van der Waals surface area contributed by atoms with Gasteiger partial charge in [-0.05, 0) is 41.4 Å². The zero-order valence-corrected chi connectivity index (χ0v) is 11.1. The van der Waals surface area contributed by atoms with Gasteiger partial charge in [0.1, 0.15) is 5.82 Å². The molecule has 2 aromatic carbocycles. The molecule has 0 saturated heterocycles. The van der Waals surface area contributed by atoms with Gasteiger partial charge < -0.3 is 0 Å². The second-order valence-electron chi connectivity index (χ2n) is 4.03. The highest BCUT2D eigenvalue weighted by Crippen LogP contribution is 2.18. The minimum absolute atomic E-state index is 0.00875. The first-order valence-corrected chi connectivity index (χ1v) is 6.23. The van der Waals surface area contributed by atoms with Gasteiger partial charge in [-0.25, -0.2) is 4.39 Å². The number of carbonyl (C=O) groups is 2. The lowest BCUT2D eigenvalue weighted by Crippen LogP contribution is -2.06. The van der Waals surface area contributed by atoms with Gasteiger partial charge in [-0.1, -0.05) is 36.4 Å². The Labute approximate surface area is 120 Å². The third-order valence-electron chi connectivity index (χ3n) is 2.72. The number of benzene rings is 2. The molecule has 2 nitrogen and oxygen atoms in total. The smallest absolute Gasteiger partial charge is 0.245 e. The average molecular weight is 289 g/mol. The van der Waals surface area contributed by atoms with E-state index in [1.165, 1.54) is 24.3 Å². The van der Waals surface area contributed by atoms with Crippen molar-refractivity contribution in [1.29, 1.82) is 0 Å². The summed E-state index contributed by atoms with van der Waals surface area (Å²) >= 11 is 5.23. The fourth-order valence-corrected chi connectivity index (χ4v) is 1.86. The van der Waals surface area contributed by atoms with Crippen molar-refractivity contribution in [1.82, 2.24) is 0 Å². The maximum absolute atomic E-state index is 13.7. The Balaban J connectivity index is 2.46. The molecule has 4 heteroatoms. The molecule has 0 unspecified atom stereocenters. The van der Waals surface area contributed by atoms with Crippen molar-refractivity contribution >= 4 is 28.7 Å². The maximum atomic E-state index is 13.7. The summed E-state index contributed by atoms with van der Waals surface area (Å²) in [6.07, 6.45) is 2.58. The fraction of sp³-hybridized carbons (Fsp3) is 0. The number of rotatable bonds is 4. The quantitative estimate of drug-likeness (QED) is 0.487. The van der Waals surface area contributed by atoms with Crippen LogP contribution in [-0.2, 0) is 4.79 Å². The standard InChI is InChI=1S/C16H10ClFO2/c17-15(19)10-9-11-5-1-2-6-12(11)16(20)13-7-3-4-8-14(13)18/h1-10H. The molecule has 0 aliphatic carbocycles. The Bertz CT molecular complexity index is 692.